The van der Waals surface area contributed by atoms with Gasteiger partial charge >= 0.3 is 5.51 Å². The molecular formula is C11H17F3S. The molecule has 4 heteroatoms. The zero-order chi connectivity index (χ0) is 12.3. The van der Waals surface area contributed by atoms with Gasteiger partial charge in [-0.05, 0) is 23.9 Å². The second kappa shape index (κ2) is 9.90. The molecule has 0 spiro atoms. The summed E-state index contributed by atoms with van der Waals surface area (Å²) in [5.41, 5.74) is -4.18. The van der Waals surface area contributed by atoms with Gasteiger partial charge in [0, 0.05) is 4.90 Å². The van der Waals surface area contributed by atoms with Gasteiger partial charge in [0.05, 0.1) is 0 Å². The lowest BCUT2D eigenvalue weighted by atomic mass is 10.4. The third kappa shape index (κ3) is 11.3. The van der Waals surface area contributed by atoms with E-state index in [1.165, 1.54) is 12.1 Å². The molecule has 0 nitrogen and oxygen atoms in total. The predicted molar refractivity (Wildman–Crippen MR) is 61.1 cm³/mol. The first-order valence-electron chi connectivity index (χ1n) is 4.89. The smallest absolute Gasteiger partial charge is 0.160 e. The van der Waals surface area contributed by atoms with Crippen LogP contribution in [-0.2, 0) is 0 Å². The number of rotatable bonds is 1. The quantitative estimate of drug-likeness (QED) is 0.594. The number of halogens is 3. The molecule has 0 radical (unpaired) electrons. The molecule has 1 aromatic carbocycles. The van der Waals surface area contributed by atoms with E-state index in [0.29, 0.717) is 0 Å². The van der Waals surface area contributed by atoms with Crippen molar-refractivity contribution < 1.29 is 13.2 Å². The maximum Gasteiger partial charge on any atom is 0.446 e. The Morgan fingerprint density at radius 1 is 0.867 bits per heavy atom. The predicted octanol–water partition coefficient (Wildman–Crippen LogP) is 5.35. The van der Waals surface area contributed by atoms with Gasteiger partial charge in [0.25, 0.3) is 0 Å². The minimum Gasteiger partial charge on any atom is -0.160 e. The van der Waals surface area contributed by atoms with Crippen molar-refractivity contribution in [1.82, 2.24) is 0 Å². The molecule has 0 aliphatic heterocycles. The molecular weight excluding hydrogens is 221 g/mol. The Labute approximate surface area is 93.9 Å². The lowest BCUT2D eigenvalue weighted by Gasteiger charge is -2.03. The van der Waals surface area contributed by atoms with Crippen molar-refractivity contribution in [2.45, 2.75) is 38.1 Å². The van der Waals surface area contributed by atoms with E-state index in [1.807, 2.05) is 27.7 Å². The highest BCUT2D eigenvalue weighted by Gasteiger charge is 2.28. The van der Waals surface area contributed by atoms with Crippen LogP contribution in [0.2, 0.25) is 0 Å². The van der Waals surface area contributed by atoms with Crippen molar-refractivity contribution in [3.63, 3.8) is 0 Å². The highest BCUT2D eigenvalue weighted by Crippen LogP contribution is 2.36. The van der Waals surface area contributed by atoms with Gasteiger partial charge in [-0.25, -0.2) is 0 Å². The molecule has 15 heavy (non-hydrogen) atoms. The molecule has 0 heterocycles. The zero-order valence-corrected chi connectivity index (χ0v) is 10.2. The van der Waals surface area contributed by atoms with Gasteiger partial charge in [-0.1, -0.05) is 45.9 Å². The van der Waals surface area contributed by atoms with Crippen LogP contribution in [0.3, 0.4) is 0 Å². The monoisotopic (exact) mass is 238 g/mol. The standard InChI is InChI=1S/C7H5F3S.2C2H6/c8-7(9,10)11-6-4-2-1-3-5-6;2*1-2/h1-5H;2*1-2H3. The average Bonchev–Trinajstić information content (AvgIpc) is 2.23. The minimum absolute atomic E-state index is 0.0993. The van der Waals surface area contributed by atoms with Crippen LogP contribution in [0.15, 0.2) is 35.2 Å². The SMILES string of the molecule is CC.CC.FC(F)(F)Sc1ccccc1. The lowest BCUT2D eigenvalue weighted by Crippen LogP contribution is -1.98. The fraction of sp³-hybridized carbons (Fsp3) is 0.455. The summed E-state index contributed by atoms with van der Waals surface area (Å²) in [7, 11) is 0. The van der Waals surface area contributed by atoms with Gasteiger partial charge in [0.2, 0.25) is 0 Å². The van der Waals surface area contributed by atoms with Crippen LogP contribution in [0.4, 0.5) is 13.2 Å². The topological polar surface area (TPSA) is 0 Å². The third-order valence-electron chi connectivity index (χ3n) is 0.977. The highest BCUT2D eigenvalue weighted by atomic mass is 32.2. The van der Waals surface area contributed by atoms with Gasteiger partial charge in [-0.2, -0.15) is 13.2 Å². The number of benzene rings is 1. The van der Waals surface area contributed by atoms with E-state index < -0.39 is 5.51 Å². The van der Waals surface area contributed by atoms with Crippen LogP contribution in [0, 0.1) is 0 Å². The second-order valence-corrected chi connectivity index (χ2v) is 3.00. The molecule has 0 N–H and O–H groups in total. The third-order valence-corrected chi connectivity index (χ3v) is 1.72. The van der Waals surface area contributed by atoms with Crippen LogP contribution < -0.4 is 0 Å². The van der Waals surface area contributed by atoms with Crippen molar-refractivity contribution in [2.24, 2.45) is 0 Å². The molecule has 0 atom stereocenters. The molecule has 0 aliphatic rings. The summed E-state index contributed by atoms with van der Waals surface area (Å²) in [6, 6.07) is 7.69. The van der Waals surface area contributed by atoms with E-state index in [2.05, 4.69) is 0 Å². The Balaban J connectivity index is 0. The van der Waals surface area contributed by atoms with E-state index in [-0.39, 0.29) is 16.7 Å². The van der Waals surface area contributed by atoms with Gasteiger partial charge < -0.3 is 0 Å². The van der Waals surface area contributed by atoms with E-state index in [1.54, 1.807) is 18.2 Å². The minimum atomic E-state index is -4.18. The van der Waals surface area contributed by atoms with Gasteiger partial charge in [-0.15, -0.1) is 0 Å². The molecule has 0 amide bonds. The fourth-order valence-corrected chi connectivity index (χ4v) is 1.18. The molecule has 0 aromatic heterocycles. The van der Waals surface area contributed by atoms with Crippen LogP contribution in [0.1, 0.15) is 27.7 Å². The van der Waals surface area contributed by atoms with Crippen molar-refractivity contribution in [1.29, 1.82) is 0 Å². The Kier molecular flexibility index (Phi) is 11.1. The summed E-state index contributed by atoms with van der Waals surface area (Å²) < 4.78 is 35.1. The van der Waals surface area contributed by atoms with Crippen molar-refractivity contribution in [2.75, 3.05) is 0 Å². The highest BCUT2D eigenvalue weighted by molar-refractivity contribution is 8.00. The molecule has 0 unspecified atom stereocenters. The molecule has 1 aromatic rings. The van der Waals surface area contributed by atoms with Crippen LogP contribution in [-0.4, -0.2) is 5.51 Å². The molecule has 0 aliphatic carbocycles. The average molecular weight is 238 g/mol. The van der Waals surface area contributed by atoms with E-state index in [9.17, 15) is 13.2 Å². The first kappa shape index (κ1) is 16.8. The first-order chi connectivity index (χ1) is 7.08. The van der Waals surface area contributed by atoms with E-state index in [4.69, 9.17) is 0 Å². The first-order valence-corrected chi connectivity index (χ1v) is 5.70. The summed E-state index contributed by atoms with van der Waals surface area (Å²) >= 11 is -0.0993. The lowest BCUT2D eigenvalue weighted by molar-refractivity contribution is -0.0328. The summed E-state index contributed by atoms with van der Waals surface area (Å²) in [4.78, 5) is 0.222. The Morgan fingerprint density at radius 3 is 1.60 bits per heavy atom. The molecule has 1 rings (SSSR count). The van der Waals surface area contributed by atoms with Crippen LogP contribution in [0.25, 0.3) is 0 Å². The van der Waals surface area contributed by atoms with E-state index >= 15 is 0 Å². The van der Waals surface area contributed by atoms with Crippen LogP contribution in [0.5, 0.6) is 0 Å². The van der Waals surface area contributed by atoms with Crippen molar-refractivity contribution in [3.8, 4) is 0 Å². The van der Waals surface area contributed by atoms with Crippen molar-refractivity contribution >= 4 is 11.8 Å². The Morgan fingerprint density at radius 2 is 1.27 bits per heavy atom. The maximum absolute atomic E-state index is 11.7. The summed E-state index contributed by atoms with van der Waals surface area (Å²) in [5.74, 6) is 0. The molecule has 88 valence electrons. The summed E-state index contributed by atoms with van der Waals surface area (Å²) in [6.07, 6.45) is 0. The van der Waals surface area contributed by atoms with Crippen molar-refractivity contribution in [3.05, 3.63) is 30.3 Å². The summed E-state index contributed by atoms with van der Waals surface area (Å²) in [6.45, 7) is 8.00. The number of alkyl halides is 3. The van der Waals surface area contributed by atoms with Gasteiger partial charge in [-0.3, -0.25) is 0 Å². The largest absolute Gasteiger partial charge is 0.446 e. The molecule has 0 bridgehead atoms. The zero-order valence-electron chi connectivity index (χ0n) is 9.43. The number of hydrogen-bond donors (Lipinski definition) is 0. The van der Waals surface area contributed by atoms with E-state index in [0.717, 1.165) is 0 Å². The van der Waals surface area contributed by atoms with Gasteiger partial charge in [0.1, 0.15) is 0 Å². The Hall–Kier alpha value is -0.640. The molecule has 0 fully saturated rings. The number of hydrogen-bond acceptors (Lipinski definition) is 1. The fourth-order valence-electron chi connectivity index (χ4n) is 0.622. The molecule has 0 saturated carbocycles. The van der Waals surface area contributed by atoms with Gasteiger partial charge in [0.15, 0.2) is 0 Å². The second-order valence-electron chi connectivity index (χ2n) is 1.86. The number of thioether (sulfide) groups is 1. The normalized spacial score (nSPS) is 9.27. The Bertz CT molecular complexity index is 219. The summed E-state index contributed by atoms with van der Waals surface area (Å²) in [5, 5.41) is 0. The molecule has 0 saturated heterocycles. The van der Waals surface area contributed by atoms with Crippen LogP contribution >= 0.6 is 11.8 Å². The maximum atomic E-state index is 11.7.